The van der Waals surface area contributed by atoms with E-state index in [0.717, 1.165) is 18.6 Å². The number of nitrogens with two attached hydrogens (primary N) is 1. The van der Waals surface area contributed by atoms with Crippen molar-refractivity contribution in [2.45, 2.75) is 12.8 Å². The van der Waals surface area contributed by atoms with Crippen molar-refractivity contribution in [1.29, 1.82) is 0 Å². The third kappa shape index (κ3) is 1.34. The Kier molecular flexibility index (Phi) is 0.817. The fourth-order valence-electron chi connectivity index (χ4n) is 0.324. The molecule has 1 rings (SSSR count). The highest BCUT2D eigenvalue weighted by atomic mass is 16.2. The highest BCUT2D eigenvalue weighted by Crippen LogP contribution is 2.13. The second-order valence-electron chi connectivity index (χ2n) is 1.52. The molecule has 38 valence electrons. The van der Waals surface area contributed by atoms with E-state index in [0.29, 0.717) is 0 Å². The van der Waals surface area contributed by atoms with Crippen LogP contribution in [0.4, 0.5) is 4.79 Å². The fourth-order valence-corrected chi connectivity index (χ4v) is 0.324. The van der Waals surface area contributed by atoms with Gasteiger partial charge in [-0.25, -0.2) is 9.79 Å². The minimum absolute atomic E-state index is 0.563. The Balaban J connectivity index is 2.45. The van der Waals surface area contributed by atoms with Crippen LogP contribution in [0.1, 0.15) is 12.8 Å². The van der Waals surface area contributed by atoms with Crippen molar-refractivity contribution in [2.24, 2.45) is 10.7 Å². The first kappa shape index (κ1) is 4.30. The number of hydrogen-bond donors (Lipinski definition) is 1. The van der Waals surface area contributed by atoms with E-state index in [-0.39, 0.29) is 0 Å². The smallest absolute Gasteiger partial charge is 0.338 e. The van der Waals surface area contributed by atoms with Gasteiger partial charge in [-0.05, 0) is 12.8 Å². The number of carbonyl (C=O) groups is 1. The van der Waals surface area contributed by atoms with Crippen molar-refractivity contribution in [3.8, 4) is 0 Å². The average molecular weight is 98.1 g/mol. The Morgan fingerprint density at radius 2 is 2.29 bits per heavy atom. The van der Waals surface area contributed by atoms with Crippen LogP contribution in [0.15, 0.2) is 4.99 Å². The highest BCUT2D eigenvalue weighted by molar-refractivity contribution is 6.04. The summed E-state index contributed by atoms with van der Waals surface area (Å²) in [5.41, 5.74) is 5.64. The van der Waals surface area contributed by atoms with E-state index >= 15 is 0 Å². The van der Waals surface area contributed by atoms with Crippen LogP contribution in [-0.2, 0) is 0 Å². The number of amides is 2. The molecular weight excluding hydrogens is 92.1 g/mol. The van der Waals surface area contributed by atoms with Crippen molar-refractivity contribution in [3.63, 3.8) is 0 Å². The van der Waals surface area contributed by atoms with Crippen LogP contribution >= 0.6 is 0 Å². The molecule has 0 saturated heterocycles. The van der Waals surface area contributed by atoms with Gasteiger partial charge in [0, 0.05) is 5.71 Å². The van der Waals surface area contributed by atoms with Gasteiger partial charge < -0.3 is 5.73 Å². The lowest BCUT2D eigenvalue weighted by Crippen LogP contribution is -2.03. The fraction of sp³-hybridized carbons (Fsp3) is 0.500. The van der Waals surface area contributed by atoms with Crippen molar-refractivity contribution in [3.05, 3.63) is 0 Å². The first-order chi connectivity index (χ1) is 3.29. The van der Waals surface area contributed by atoms with Gasteiger partial charge in [-0.2, -0.15) is 0 Å². The summed E-state index contributed by atoms with van der Waals surface area (Å²) in [6.07, 6.45) is 1.92. The van der Waals surface area contributed by atoms with Gasteiger partial charge in [0.2, 0.25) is 0 Å². The van der Waals surface area contributed by atoms with Crippen LogP contribution in [0.2, 0.25) is 0 Å². The van der Waals surface area contributed by atoms with Crippen molar-refractivity contribution in [2.75, 3.05) is 0 Å². The van der Waals surface area contributed by atoms with E-state index in [2.05, 4.69) is 4.99 Å². The van der Waals surface area contributed by atoms with Gasteiger partial charge in [-0.3, -0.25) is 0 Å². The predicted octanol–water partition coefficient (Wildman–Crippen LogP) is 0.300. The SMILES string of the molecule is NC(=O)N=C1CC1. The third-order valence-electron chi connectivity index (χ3n) is 0.742. The Morgan fingerprint density at radius 3 is 2.43 bits per heavy atom. The van der Waals surface area contributed by atoms with Gasteiger partial charge in [-0.1, -0.05) is 0 Å². The number of primary amides is 1. The third-order valence-corrected chi connectivity index (χ3v) is 0.742. The summed E-state index contributed by atoms with van der Waals surface area (Å²) >= 11 is 0. The highest BCUT2D eigenvalue weighted by Gasteiger charge is 2.13. The van der Waals surface area contributed by atoms with Crippen LogP contribution in [0.3, 0.4) is 0 Å². The quantitative estimate of drug-likeness (QED) is 0.465. The number of carbonyl (C=O) groups excluding carboxylic acids is 1. The molecule has 0 aromatic carbocycles. The zero-order chi connectivity index (χ0) is 5.28. The molecule has 0 atom stereocenters. The number of rotatable bonds is 0. The standard InChI is InChI=1S/C4H6N2O/c5-4(7)6-3-1-2-3/h1-2H2,(H2,5,7). The molecule has 1 saturated carbocycles. The molecule has 7 heavy (non-hydrogen) atoms. The summed E-state index contributed by atoms with van der Waals surface area (Å²) in [6.45, 7) is 0. The molecule has 3 nitrogen and oxygen atoms in total. The van der Waals surface area contributed by atoms with E-state index in [1.54, 1.807) is 0 Å². The van der Waals surface area contributed by atoms with Gasteiger partial charge in [-0.15, -0.1) is 0 Å². The normalized spacial score (nSPS) is 16.3. The lowest BCUT2D eigenvalue weighted by atomic mass is 10.8. The Hall–Kier alpha value is -0.860. The second kappa shape index (κ2) is 1.33. The minimum Gasteiger partial charge on any atom is -0.350 e. The monoisotopic (exact) mass is 98.0 g/mol. The maximum Gasteiger partial charge on any atom is 0.338 e. The molecular formula is C4H6N2O. The van der Waals surface area contributed by atoms with Crippen LogP contribution in [0.5, 0.6) is 0 Å². The van der Waals surface area contributed by atoms with Gasteiger partial charge in [0.15, 0.2) is 0 Å². The van der Waals surface area contributed by atoms with Crippen molar-refractivity contribution in [1.82, 2.24) is 0 Å². The molecule has 0 aromatic rings. The molecule has 0 spiro atoms. The number of nitrogens with zero attached hydrogens (tertiary/aromatic N) is 1. The first-order valence-electron chi connectivity index (χ1n) is 2.15. The van der Waals surface area contributed by atoms with E-state index in [4.69, 9.17) is 5.73 Å². The van der Waals surface area contributed by atoms with Crippen LogP contribution in [0.25, 0.3) is 0 Å². The topological polar surface area (TPSA) is 55.5 Å². The van der Waals surface area contributed by atoms with E-state index in [1.165, 1.54) is 0 Å². The van der Waals surface area contributed by atoms with E-state index < -0.39 is 6.03 Å². The Morgan fingerprint density at radius 1 is 1.71 bits per heavy atom. The summed E-state index contributed by atoms with van der Waals surface area (Å²) in [5, 5.41) is 0. The van der Waals surface area contributed by atoms with Crippen LogP contribution in [0, 0.1) is 0 Å². The minimum atomic E-state index is -0.563. The molecule has 2 N–H and O–H groups in total. The molecule has 0 heterocycles. The Bertz CT molecular complexity index is 122. The number of hydrogen-bond acceptors (Lipinski definition) is 1. The lowest BCUT2D eigenvalue weighted by Gasteiger charge is -1.72. The first-order valence-corrected chi connectivity index (χ1v) is 2.15. The molecule has 3 heteroatoms. The zero-order valence-corrected chi connectivity index (χ0v) is 3.85. The maximum atomic E-state index is 9.88. The molecule has 0 aromatic heterocycles. The molecule has 0 aliphatic heterocycles. The lowest BCUT2D eigenvalue weighted by molar-refractivity contribution is 0.257. The van der Waals surface area contributed by atoms with E-state index in [1.807, 2.05) is 0 Å². The van der Waals surface area contributed by atoms with Gasteiger partial charge in [0.25, 0.3) is 0 Å². The summed E-state index contributed by atoms with van der Waals surface area (Å²) in [6, 6.07) is -0.563. The zero-order valence-electron chi connectivity index (χ0n) is 3.85. The molecule has 0 radical (unpaired) electrons. The summed E-state index contributed by atoms with van der Waals surface area (Å²) in [4.78, 5) is 13.3. The van der Waals surface area contributed by atoms with Gasteiger partial charge in [0.1, 0.15) is 0 Å². The summed E-state index contributed by atoms with van der Waals surface area (Å²) in [5.74, 6) is 0. The average Bonchev–Trinajstić information content (AvgIpc) is 2.17. The summed E-state index contributed by atoms with van der Waals surface area (Å²) < 4.78 is 0. The molecule has 0 bridgehead atoms. The number of urea groups is 1. The van der Waals surface area contributed by atoms with Crippen LogP contribution in [-0.4, -0.2) is 11.7 Å². The second-order valence-corrected chi connectivity index (χ2v) is 1.52. The van der Waals surface area contributed by atoms with Crippen molar-refractivity contribution >= 4 is 11.7 Å². The largest absolute Gasteiger partial charge is 0.350 e. The molecule has 1 aliphatic carbocycles. The molecule has 0 unspecified atom stereocenters. The predicted molar refractivity (Wildman–Crippen MR) is 26.3 cm³/mol. The molecule has 1 aliphatic rings. The number of aliphatic imine (C=N–C) groups is 1. The summed E-state index contributed by atoms with van der Waals surface area (Å²) in [7, 11) is 0. The Labute approximate surface area is 41.2 Å². The molecule has 1 fully saturated rings. The van der Waals surface area contributed by atoms with Crippen molar-refractivity contribution < 1.29 is 4.79 Å². The van der Waals surface area contributed by atoms with Gasteiger partial charge >= 0.3 is 6.03 Å². The maximum absolute atomic E-state index is 9.88. The molecule has 2 amide bonds. The van der Waals surface area contributed by atoms with Gasteiger partial charge in [0.05, 0.1) is 0 Å². The van der Waals surface area contributed by atoms with Crippen LogP contribution < -0.4 is 5.73 Å². The van der Waals surface area contributed by atoms with E-state index in [9.17, 15) is 4.79 Å².